The molecule has 0 aliphatic heterocycles. The fraction of sp³-hybridized carbons (Fsp3) is 0.100. The van der Waals surface area contributed by atoms with E-state index in [0.29, 0.717) is 5.56 Å². The summed E-state index contributed by atoms with van der Waals surface area (Å²) in [6.45, 7) is -0.0345. The highest BCUT2D eigenvalue weighted by Gasteiger charge is 2.29. The molecule has 1 aromatic carbocycles. The number of aromatic nitrogens is 2. The van der Waals surface area contributed by atoms with Crippen molar-refractivity contribution in [2.45, 2.75) is 11.4 Å². The molecule has 0 bridgehead atoms. The van der Waals surface area contributed by atoms with Gasteiger partial charge in [-0.2, -0.15) is 4.68 Å². The molecule has 2 aromatic rings. The Balaban J connectivity index is 2.41. The van der Waals surface area contributed by atoms with E-state index in [9.17, 15) is 22.9 Å². The zero-order valence-corrected chi connectivity index (χ0v) is 12.4. The van der Waals surface area contributed by atoms with Crippen molar-refractivity contribution in [2.75, 3.05) is 0 Å². The first-order chi connectivity index (χ1) is 9.68. The van der Waals surface area contributed by atoms with Crippen LogP contribution in [0.15, 0.2) is 29.3 Å². The van der Waals surface area contributed by atoms with Crippen LogP contribution in [-0.2, 0) is 15.6 Å². The van der Waals surface area contributed by atoms with Gasteiger partial charge in [0, 0.05) is 10.7 Å². The first kappa shape index (κ1) is 15.7. The Hall–Kier alpha value is -1.71. The highest BCUT2D eigenvalue weighted by molar-refractivity contribution is 8.13. The van der Waals surface area contributed by atoms with Gasteiger partial charge in [-0.3, -0.25) is 0 Å². The molecule has 0 spiro atoms. The third kappa shape index (κ3) is 3.49. The third-order valence-corrected chi connectivity index (χ3v) is 4.08. The summed E-state index contributed by atoms with van der Waals surface area (Å²) in [5, 5.41) is 14.2. The summed E-state index contributed by atoms with van der Waals surface area (Å²) in [6, 6.07) is 3.82. The first-order valence-corrected chi connectivity index (χ1v) is 7.97. The number of benzene rings is 1. The summed E-state index contributed by atoms with van der Waals surface area (Å²) in [7, 11) is 0.810. The second kappa shape index (κ2) is 5.58. The van der Waals surface area contributed by atoms with Gasteiger partial charge in [-0.1, -0.05) is 17.7 Å². The zero-order valence-electron chi connectivity index (χ0n) is 10.0. The van der Waals surface area contributed by atoms with Crippen LogP contribution in [0, 0.1) is 15.9 Å². The minimum Gasteiger partial charge on any atom is -0.358 e. The summed E-state index contributed by atoms with van der Waals surface area (Å²) in [5.74, 6) is -1.49. The first-order valence-electron chi connectivity index (χ1n) is 5.29. The molecule has 0 saturated carbocycles. The molecule has 7 nitrogen and oxygen atoms in total. The van der Waals surface area contributed by atoms with E-state index in [4.69, 9.17) is 22.3 Å². The number of nitrogens with zero attached hydrogens (tertiary/aromatic N) is 3. The van der Waals surface area contributed by atoms with Crippen LogP contribution in [0.3, 0.4) is 0 Å². The van der Waals surface area contributed by atoms with Gasteiger partial charge in [0.05, 0.1) is 22.9 Å². The van der Waals surface area contributed by atoms with E-state index in [2.05, 4.69) is 5.10 Å². The van der Waals surface area contributed by atoms with Crippen LogP contribution in [0.25, 0.3) is 0 Å². The molecule has 1 aromatic heterocycles. The monoisotopic (exact) mass is 353 g/mol. The van der Waals surface area contributed by atoms with Crippen LogP contribution < -0.4 is 0 Å². The average Bonchev–Trinajstić information content (AvgIpc) is 2.78. The quantitative estimate of drug-likeness (QED) is 0.478. The Morgan fingerprint density at radius 1 is 1.43 bits per heavy atom. The van der Waals surface area contributed by atoms with Crippen LogP contribution in [0.1, 0.15) is 5.56 Å². The highest BCUT2D eigenvalue weighted by atomic mass is 35.7. The molecule has 0 unspecified atom stereocenters. The van der Waals surface area contributed by atoms with Crippen molar-refractivity contribution in [3.63, 3.8) is 0 Å². The Kier molecular flexibility index (Phi) is 4.17. The molecule has 0 N–H and O–H groups in total. The van der Waals surface area contributed by atoms with Gasteiger partial charge in [0.25, 0.3) is 9.05 Å². The van der Waals surface area contributed by atoms with E-state index >= 15 is 0 Å². The average molecular weight is 354 g/mol. The van der Waals surface area contributed by atoms with Gasteiger partial charge >= 0.3 is 5.82 Å². The molecule has 0 radical (unpaired) electrons. The summed E-state index contributed by atoms with van der Waals surface area (Å²) in [5.41, 5.74) is 0.484. The van der Waals surface area contributed by atoms with E-state index in [0.717, 1.165) is 16.9 Å². The maximum atomic E-state index is 13.0. The van der Waals surface area contributed by atoms with E-state index in [1.807, 2.05) is 0 Å². The third-order valence-electron chi connectivity index (χ3n) is 2.47. The van der Waals surface area contributed by atoms with E-state index in [1.165, 1.54) is 12.1 Å². The summed E-state index contributed by atoms with van der Waals surface area (Å²) in [6.07, 6.45) is 0.928. The maximum Gasteiger partial charge on any atom is 0.410 e. The largest absolute Gasteiger partial charge is 0.410 e. The normalized spacial score (nSPS) is 11.6. The molecule has 21 heavy (non-hydrogen) atoms. The van der Waals surface area contributed by atoms with E-state index in [1.54, 1.807) is 0 Å². The Morgan fingerprint density at radius 2 is 2.10 bits per heavy atom. The fourth-order valence-corrected chi connectivity index (χ4v) is 2.71. The zero-order chi connectivity index (χ0) is 15.8. The maximum absolute atomic E-state index is 13.0. The van der Waals surface area contributed by atoms with Crippen molar-refractivity contribution in [3.05, 3.63) is 50.9 Å². The topological polar surface area (TPSA) is 95.1 Å². The fourth-order valence-electron chi connectivity index (χ4n) is 1.60. The number of hydrogen-bond acceptors (Lipinski definition) is 5. The standard InChI is InChI=1S/C10H6Cl2FN3O4S/c11-7-3-6(1-2-8(7)13)4-15-5-9(21(12,19)20)10(14-15)16(17)18/h1-3,5H,4H2. The smallest absolute Gasteiger partial charge is 0.358 e. The SMILES string of the molecule is O=[N+]([O-])c1nn(Cc2ccc(F)c(Cl)c2)cc1S(=O)(=O)Cl. The molecule has 0 aliphatic carbocycles. The molecule has 112 valence electrons. The van der Waals surface area contributed by atoms with Crippen molar-refractivity contribution >= 4 is 37.2 Å². The van der Waals surface area contributed by atoms with Crippen molar-refractivity contribution in [3.8, 4) is 0 Å². The van der Waals surface area contributed by atoms with Crippen LogP contribution in [-0.4, -0.2) is 23.1 Å². The Morgan fingerprint density at radius 3 is 2.57 bits per heavy atom. The lowest BCUT2D eigenvalue weighted by molar-refractivity contribution is -0.392. The Bertz CT molecular complexity index is 822. The molecule has 0 atom stereocenters. The lowest BCUT2D eigenvalue weighted by Gasteiger charge is -2.00. The molecule has 2 rings (SSSR count). The van der Waals surface area contributed by atoms with Crippen LogP contribution in [0.4, 0.5) is 10.2 Å². The predicted octanol–water partition coefficient (Wildman–Crippen LogP) is 2.56. The minimum absolute atomic E-state index is 0.0345. The molecule has 0 aliphatic rings. The minimum atomic E-state index is -4.30. The molecular formula is C10H6Cl2FN3O4S. The highest BCUT2D eigenvalue weighted by Crippen LogP contribution is 2.25. The molecule has 0 saturated heterocycles. The van der Waals surface area contributed by atoms with Gasteiger partial charge < -0.3 is 10.1 Å². The lowest BCUT2D eigenvalue weighted by Crippen LogP contribution is -2.01. The molecule has 0 fully saturated rings. The van der Waals surface area contributed by atoms with Crippen LogP contribution >= 0.6 is 22.3 Å². The van der Waals surface area contributed by atoms with Gasteiger partial charge in [-0.05, 0) is 22.6 Å². The second-order valence-corrected chi connectivity index (χ2v) is 6.90. The van der Waals surface area contributed by atoms with Gasteiger partial charge in [0.15, 0.2) is 0 Å². The van der Waals surface area contributed by atoms with Gasteiger partial charge in [0.2, 0.25) is 4.90 Å². The van der Waals surface area contributed by atoms with Crippen molar-refractivity contribution in [2.24, 2.45) is 0 Å². The van der Waals surface area contributed by atoms with Crippen molar-refractivity contribution in [1.29, 1.82) is 0 Å². The molecule has 11 heteroatoms. The Labute approximate surface area is 127 Å². The van der Waals surface area contributed by atoms with Gasteiger partial charge in [-0.15, -0.1) is 0 Å². The summed E-state index contributed by atoms with van der Waals surface area (Å²) in [4.78, 5) is 9.11. The van der Waals surface area contributed by atoms with E-state index < -0.39 is 30.5 Å². The molecule has 1 heterocycles. The molecular weight excluding hydrogens is 348 g/mol. The van der Waals surface area contributed by atoms with Crippen molar-refractivity contribution in [1.82, 2.24) is 9.78 Å². The number of halogens is 3. The lowest BCUT2D eigenvalue weighted by atomic mass is 10.2. The predicted molar refractivity (Wildman–Crippen MR) is 72.4 cm³/mol. The summed E-state index contributed by atoms with van der Waals surface area (Å²) < 4.78 is 36.6. The van der Waals surface area contributed by atoms with E-state index in [-0.39, 0.29) is 11.6 Å². The van der Waals surface area contributed by atoms with Gasteiger partial charge in [0.1, 0.15) is 5.82 Å². The van der Waals surface area contributed by atoms with Crippen LogP contribution in [0.5, 0.6) is 0 Å². The number of nitro groups is 1. The summed E-state index contributed by atoms with van der Waals surface area (Å²) >= 11 is 5.61. The number of rotatable bonds is 4. The van der Waals surface area contributed by atoms with Gasteiger partial charge in [-0.25, -0.2) is 12.8 Å². The van der Waals surface area contributed by atoms with Crippen molar-refractivity contribution < 1.29 is 17.7 Å². The molecule has 0 amide bonds. The second-order valence-electron chi connectivity index (χ2n) is 3.96. The number of hydrogen-bond donors (Lipinski definition) is 0. The van der Waals surface area contributed by atoms with Crippen LogP contribution in [0.2, 0.25) is 5.02 Å².